The van der Waals surface area contributed by atoms with Gasteiger partial charge in [-0.05, 0) is 25.3 Å². The van der Waals surface area contributed by atoms with Crippen molar-refractivity contribution in [2.24, 2.45) is 11.7 Å². The number of carbonyl (C=O) groups is 1. The predicted molar refractivity (Wildman–Crippen MR) is 53.2 cm³/mol. The summed E-state index contributed by atoms with van der Waals surface area (Å²) in [5, 5.41) is 0. The highest BCUT2D eigenvalue weighted by molar-refractivity contribution is 5.75. The second-order valence-corrected chi connectivity index (χ2v) is 3.85. The molecule has 0 spiro atoms. The van der Waals surface area contributed by atoms with Crippen LogP contribution < -0.4 is 5.73 Å². The average molecular weight is 184 g/mol. The van der Waals surface area contributed by atoms with Crippen molar-refractivity contribution in [2.45, 2.75) is 38.6 Å². The Kier molecular flexibility index (Phi) is 3.72. The van der Waals surface area contributed by atoms with Crippen molar-refractivity contribution in [2.75, 3.05) is 13.6 Å². The minimum Gasteiger partial charge on any atom is -0.342 e. The Morgan fingerprint density at radius 2 is 2.23 bits per heavy atom. The van der Waals surface area contributed by atoms with Gasteiger partial charge in [-0.15, -0.1) is 0 Å². The van der Waals surface area contributed by atoms with Crippen LogP contribution in [0.2, 0.25) is 0 Å². The minimum absolute atomic E-state index is 0.241. The van der Waals surface area contributed by atoms with E-state index < -0.39 is 0 Å². The molecule has 0 aromatic rings. The van der Waals surface area contributed by atoms with Crippen molar-refractivity contribution in [3.63, 3.8) is 0 Å². The molecule has 3 heteroatoms. The van der Waals surface area contributed by atoms with Crippen molar-refractivity contribution in [3.8, 4) is 0 Å². The molecular weight excluding hydrogens is 164 g/mol. The second kappa shape index (κ2) is 4.61. The number of nitrogens with two attached hydrogens (primary N) is 1. The van der Waals surface area contributed by atoms with E-state index in [1.807, 2.05) is 18.9 Å². The fourth-order valence-corrected chi connectivity index (χ4v) is 2.24. The van der Waals surface area contributed by atoms with Crippen LogP contribution in [0.5, 0.6) is 0 Å². The lowest BCUT2D eigenvalue weighted by Gasteiger charge is -2.28. The Bertz CT molecular complexity index is 182. The van der Waals surface area contributed by atoms with Crippen LogP contribution in [0, 0.1) is 5.92 Å². The summed E-state index contributed by atoms with van der Waals surface area (Å²) in [6.07, 6.45) is 4.13. The maximum atomic E-state index is 11.4. The number of nitrogens with zero attached hydrogens (tertiary/aromatic N) is 1. The topological polar surface area (TPSA) is 46.3 Å². The summed E-state index contributed by atoms with van der Waals surface area (Å²) in [5.41, 5.74) is 5.67. The van der Waals surface area contributed by atoms with Gasteiger partial charge in [-0.2, -0.15) is 0 Å². The van der Waals surface area contributed by atoms with Gasteiger partial charge >= 0.3 is 0 Å². The molecule has 0 aliphatic heterocycles. The van der Waals surface area contributed by atoms with Crippen LogP contribution in [0.3, 0.4) is 0 Å². The van der Waals surface area contributed by atoms with Crippen LogP contribution in [0.4, 0.5) is 0 Å². The van der Waals surface area contributed by atoms with E-state index in [-0.39, 0.29) is 5.91 Å². The summed E-state index contributed by atoms with van der Waals surface area (Å²) in [7, 11) is 1.91. The molecule has 1 fully saturated rings. The van der Waals surface area contributed by atoms with Crippen LogP contribution in [0.1, 0.15) is 32.6 Å². The van der Waals surface area contributed by atoms with E-state index in [0.717, 1.165) is 6.42 Å². The summed E-state index contributed by atoms with van der Waals surface area (Å²) in [5.74, 6) is 0.769. The molecule has 3 nitrogen and oxygen atoms in total. The molecule has 0 aromatic heterocycles. The van der Waals surface area contributed by atoms with E-state index in [1.54, 1.807) is 0 Å². The SMILES string of the molecule is CCC(=O)N(C)C1CCCC1CN. The van der Waals surface area contributed by atoms with Gasteiger partial charge in [0, 0.05) is 19.5 Å². The van der Waals surface area contributed by atoms with E-state index >= 15 is 0 Å². The molecule has 76 valence electrons. The molecule has 1 saturated carbocycles. The lowest BCUT2D eigenvalue weighted by atomic mass is 10.0. The van der Waals surface area contributed by atoms with Crippen LogP contribution in [-0.2, 0) is 4.79 Å². The molecule has 0 heterocycles. The van der Waals surface area contributed by atoms with Gasteiger partial charge in [0.05, 0.1) is 0 Å². The van der Waals surface area contributed by atoms with Crippen molar-refractivity contribution in [3.05, 3.63) is 0 Å². The second-order valence-electron chi connectivity index (χ2n) is 3.85. The third-order valence-corrected chi connectivity index (χ3v) is 3.12. The van der Waals surface area contributed by atoms with E-state index in [1.165, 1.54) is 12.8 Å². The first kappa shape index (κ1) is 10.5. The average Bonchev–Trinajstić information content (AvgIpc) is 2.62. The van der Waals surface area contributed by atoms with Crippen LogP contribution >= 0.6 is 0 Å². The molecule has 0 radical (unpaired) electrons. The zero-order valence-corrected chi connectivity index (χ0v) is 8.62. The van der Waals surface area contributed by atoms with Gasteiger partial charge in [0.1, 0.15) is 0 Å². The van der Waals surface area contributed by atoms with Gasteiger partial charge in [-0.1, -0.05) is 13.3 Å². The lowest BCUT2D eigenvalue weighted by Crippen LogP contribution is -2.41. The van der Waals surface area contributed by atoms with Crippen molar-refractivity contribution < 1.29 is 4.79 Å². The summed E-state index contributed by atoms with van der Waals surface area (Å²) < 4.78 is 0. The van der Waals surface area contributed by atoms with Crippen molar-refractivity contribution in [1.29, 1.82) is 0 Å². The van der Waals surface area contributed by atoms with Crippen LogP contribution in [0.25, 0.3) is 0 Å². The van der Waals surface area contributed by atoms with Gasteiger partial charge < -0.3 is 10.6 Å². The summed E-state index contributed by atoms with van der Waals surface area (Å²) in [4.78, 5) is 13.3. The zero-order valence-electron chi connectivity index (χ0n) is 8.62. The minimum atomic E-state index is 0.241. The Morgan fingerprint density at radius 3 is 2.77 bits per heavy atom. The van der Waals surface area contributed by atoms with Gasteiger partial charge in [-0.25, -0.2) is 0 Å². The normalized spacial score (nSPS) is 27.6. The summed E-state index contributed by atoms with van der Waals surface area (Å²) in [6, 6.07) is 0.400. The fourth-order valence-electron chi connectivity index (χ4n) is 2.24. The molecule has 2 unspecified atom stereocenters. The smallest absolute Gasteiger partial charge is 0.222 e. The zero-order chi connectivity index (χ0) is 9.84. The highest BCUT2D eigenvalue weighted by atomic mass is 16.2. The quantitative estimate of drug-likeness (QED) is 0.710. The first-order valence-corrected chi connectivity index (χ1v) is 5.16. The molecular formula is C10H20N2O. The number of hydrogen-bond donors (Lipinski definition) is 1. The molecule has 1 rings (SSSR count). The maximum Gasteiger partial charge on any atom is 0.222 e. The number of rotatable bonds is 3. The molecule has 1 amide bonds. The van der Waals surface area contributed by atoms with Gasteiger partial charge in [0.25, 0.3) is 0 Å². The van der Waals surface area contributed by atoms with E-state index in [2.05, 4.69) is 0 Å². The molecule has 2 atom stereocenters. The maximum absolute atomic E-state index is 11.4. The first-order valence-electron chi connectivity index (χ1n) is 5.16. The predicted octanol–water partition coefficient (Wildman–Crippen LogP) is 0.982. The molecule has 0 saturated heterocycles. The van der Waals surface area contributed by atoms with Crippen LogP contribution in [0.15, 0.2) is 0 Å². The van der Waals surface area contributed by atoms with E-state index in [9.17, 15) is 4.79 Å². The third kappa shape index (κ3) is 2.21. The molecule has 13 heavy (non-hydrogen) atoms. The standard InChI is InChI=1S/C10H20N2O/c1-3-10(13)12(2)9-6-4-5-8(9)7-11/h8-9H,3-7,11H2,1-2H3. The van der Waals surface area contributed by atoms with Gasteiger partial charge in [0.15, 0.2) is 0 Å². The van der Waals surface area contributed by atoms with Crippen molar-refractivity contribution >= 4 is 5.91 Å². The Morgan fingerprint density at radius 1 is 1.54 bits per heavy atom. The van der Waals surface area contributed by atoms with E-state index in [0.29, 0.717) is 24.9 Å². The molecule has 1 aliphatic carbocycles. The lowest BCUT2D eigenvalue weighted by molar-refractivity contribution is -0.132. The Labute approximate surface area is 80.3 Å². The van der Waals surface area contributed by atoms with Gasteiger partial charge in [0.2, 0.25) is 5.91 Å². The third-order valence-electron chi connectivity index (χ3n) is 3.12. The molecule has 0 bridgehead atoms. The Balaban J connectivity index is 2.54. The fraction of sp³-hybridized carbons (Fsp3) is 0.900. The van der Waals surface area contributed by atoms with Crippen molar-refractivity contribution in [1.82, 2.24) is 4.90 Å². The van der Waals surface area contributed by atoms with Gasteiger partial charge in [-0.3, -0.25) is 4.79 Å². The molecule has 1 aliphatic rings. The van der Waals surface area contributed by atoms with E-state index in [4.69, 9.17) is 5.73 Å². The Hall–Kier alpha value is -0.570. The summed E-state index contributed by atoms with van der Waals surface area (Å²) in [6.45, 7) is 2.62. The highest BCUT2D eigenvalue weighted by Crippen LogP contribution is 2.28. The number of amides is 1. The van der Waals surface area contributed by atoms with Crippen LogP contribution in [-0.4, -0.2) is 30.4 Å². The molecule has 2 N–H and O–H groups in total. The summed E-state index contributed by atoms with van der Waals surface area (Å²) >= 11 is 0. The highest BCUT2D eigenvalue weighted by Gasteiger charge is 2.30. The first-order chi connectivity index (χ1) is 6.20. The largest absolute Gasteiger partial charge is 0.342 e. The number of hydrogen-bond acceptors (Lipinski definition) is 2. The number of carbonyl (C=O) groups excluding carboxylic acids is 1. The molecule has 0 aromatic carbocycles. The monoisotopic (exact) mass is 184 g/mol.